The predicted molar refractivity (Wildman–Crippen MR) is 120 cm³/mol. The van der Waals surface area contributed by atoms with E-state index in [2.05, 4.69) is 20.9 Å². The third kappa shape index (κ3) is 12.5. The van der Waals surface area contributed by atoms with Gasteiger partial charge >= 0.3 is 6.09 Å². The highest BCUT2D eigenvalue weighted by atomic mass is 127. The van der Waals surface area contributed by atoms with E-state index >= 15 is 0 Å². The topological polar surface area (TPSA) is 84.0 Å². The normalized spacial score (nSPS) is 11.4. The molecule has 1 rings (SSSR count). The molecule has 0 aromatic heterocycles. The van der Waals surface area contributed by atoms with Crippen LogP contribution in [0.3, 0.4) is 0 Å². The van der Waals surface area contributed by atoms with Crippen LogP contribution in [0.5, 0.6) is 0 Å². The Morgan fingerprint density at radius 3 is 2.19 bits per heavy atom. The molecule has 0 aliphatic carbocycles. The van der Waals surface area contributed by atoms with E-state index in [0.29, 0.717) is 32.2 Å². The van der Waals surface area contributed by atoms with Gasteiger partial charge in [-0.2, -0.15) is 0 Å². The number of nitrogens with one attached hydrogen (secondary N) is 3. The Labute approximate surface area is 179 Å². The second-order valence-electron chi connectivity index (χ2n) is 6.80. The number of guanidine groups is 1. The van der Waals surface area contributed by atoms with Crippen LogP contribution in [-0.2, 0) is 22.6 Å². The number of hydrogen-bond acceptors (Lipinski definition) is 4. The van der Waals surface area contributed by atoms with Gasteiger partial charge in [0.05, 0.1) is 13.2 Å². The average molecular weight is 492 g/mol. The number of alkyl carbamates (subject to hydrolysis) is 1. The minimum absolute atomic E-state index is 0. The second-order valence-corrected chi connectivity index (χ2v) is 6.80. The molecule has 0 saturated carbocycles. The summed E-state index contributed by atoms with van der Waals surface area (Å²) in [6, 6.07) is 8.18. The maximum atomic E-state index is 11.6. The first kappa shape index (κ1) is 25.4. The summed E-state index contributed by atoms with van der Waals surface area (Å²) in [6.07, 6.45) is -0.419. The molecule has 0 unspecified atom stereocenters. The summed E-state index contributed by atoms with van der Waals surface area (Å²) in [5, 5.41) is 9.09. The number of carbonyl (C=O) groups excluding carboxylic acids is 1. The lowest BCUT2D eigenvalue weighted by molar-refractivity contribution is 0.0529. The largest absolute Gasteiger partial charge is 0.444 e. The molecule has 0 spiro atoms. The summed E-state index contributed by atoms with van der Waals surface area (Å²) in [6.45, 7) is 10.5. The summed E-state index contributed by atoms with van der Waals surface area (Å²) < 4.78 is 10.3. The molecule has 1 aromatic carbocycles. The highest BCUT2D eigenvalue weighted by Crippen LogP contribution is 2.07. The Hall–Kier alpha value is -1.55. The lowest BCUT2D eigenvalue weighted by Crippen LogP contribution is -2.42. The van der Waals surface area contributed by atoms with Crippen LogP contribution in [0.1, 0.15) is 38.8 Å². The molecule has 1 amide bonds. The molecule has 0 atom stereocenters. The van der Waals surface area contributed by atoms with Crippen LogP contribution in [0.2, 0.25) is 0 Å². The lowest BCUT2D eigenvalue weighted by Gasteiger charge is -2.19. The Kier molecular flexibility index (Phi) is 12.8. The summed E-state index contributed by atoms with van der Waals surface area (Å²) in [4.78, 5) is 16.2. The fourth-order valence-electron chi connectivity index (χ4n) is 2.08. The van der Waals surface area contributed by atoms with Gasteiger partial charge in [0, 0.05) is 26.7 Å². The van der Waals surface area contributed by atoms with Crippen LogP contribution in [0.4, 0.5) is 4.79 Å². The van der Waals surface area contributed by atoms with Crippen molar-refractivity contribution in [2.24, 2.45) is 4.99 Å². The molecule has 27 heavy (non-hydrogen) atoms. The van der Waals surface area contributed by atoms with Crippen molar-refractivity contribution < 1.29 is 14.3 Å². The molecule has 8 heteroatoms. The van der Waals surface area contributed by atoms with E-state index in [1.165, 1.54) is 0 Å². The van der Waals surface area contributed by atoms with Gasteiger partial charge in [-0.25, -0.2) is 9.79 Å². The third-order valence-electron chi connectivity index (χ3n) is 3.18. The SMILES string of the molecule is CCNC(=NCc1ccc(COC)cc1)NCCNC(=O)OC(C)(C)C.I. The number of methoxy groups -OCH3 is 1. The van der Waals surface area contributed by atoms with E-state index in [1.54, 1.807) is 7.11 Å². The van der Waals surface area contributed by atoms with Gasteiger partial charge < -0.3 is 25.4 Å². The Morgan fingerprint density at radius 1 is 1.04 bits per heavy atom. The third-order valence-corrected chi connectivity index (χ3v) is 3.18. The van der Waals surface area contributed by atoms with Gasteiger partial charge in [0.2, 0.25) is 0 Å². The van der Waals surface area contributed by atoms with Gasteiger partial charge in [0.1, 0.15) is 5.60 Å². The van der Waals surface area contributed by atoms with Gasteiger partial charge in [-0.05, 0) is 38.8 Å². The maximum Gasteiger partial charge on any atom is 0.407 e. The molecule has 7 nitrogen and oxygen atoms in total. The molecule has 0 saturated heterocycles. The zero-order valence-corrected chi connectivity index (χ0v) is 19.3. The van der Waals surface area contributed by atoms with Crippen molar-refractivity contribution in [3.8, 4) is 0 Å². The fraction of sp³-hybridized carbons (Fsp3) is 0.579. The molecule has 154 valence electrons. The van der Waals surface area contributed by atoms with Crippen LogP contribution < -0.4 is 16.0 Å². The summed E-state index contributed by atoms with van der Waals surface area (Å²) in [7, 11) is 1.68. The molecular weight excluding hydrogens is 459 g/mol. The van der Waals surface area contributed by atoms with E-state index < -0.39 is 11.7 Å². The first-order chi connectivity index (χ1) is 12.3. The molecule has 0 bridgehead atoms. The van der Waals surface area contributed by atoms with Crippen LogP contribution in [0, 0.1) is 0 Å². The van der Waals surface area contributed by atoms with Crippen molar-refractivity contribution in [3.05, 3.63) is 35.4 Å². The number of nitrogens with zero attached hydrogens (tertiary/aromatic N) is 1. The molecule has 0 aliphatic heterocycles. The van der Waals surface area contributed by atoms with Gasteiger partial charge in [0.25, 0.3) is 0 Å². The van der Waals surface area contributed by atoms with Gasteiger partial charge in [-0.3, -0.25) is 0 Å². The maximum absolute atomic E-state index is 11.6. The van der Waals surface area contributed by atoms with Crippen molar-refractivity contribution in [2.45, 2.75) is 46.4 Å². The van der Waals surface area contributed by atoms with E-state index in [-0.39, 0.29) is 24.0 Å². The minimum atomic E-state index is -0.493. The average Bonchev–Trinajstić information content (AvgIpc) is 2.56. The molecule has 0 aliphatic rings. The molecule has 0 fully saturated rings. The van der Waals surface area contributed by atoms with E-state index in [0.717, 1.165) is 17.7 Å². The Morgan fingerprint density at radius 2 is 1.63 bits per heavy atom. The number of amides is 1. The number of ether oxygens (including phenoxy) is 2. The number of benzene rings is 1. The van der Waals surface area contributed by atoms with E-state index in [4.69, 9.17) is 9.47 Å². The molecule has 1 aromatic rings. The molecule has 0 heterocycles. The standard InChI is InChI=1S/C19H32N4O3.HI/c1-6-20-17(21-11-12-22-18(24)26-19(2,3)4)23-13-15-7-9-16(10-8-15)14-25-5;/h7-10H,6,11-14H2,1-5H3,(H,22,24)(H2,20,21,23);1H. The fourth-order valence-corrected chi connectivity index (χ4v) is 2.08. The van der Waals surface area contributed by atoms with E-state index in [1.807, 2.05) is 52.0 Å². The highest BCUT2D eigenvalue weighted by Gasteiger charge is 2.15. The Bertz CT molecular complexity index is 571. The number of carbonyl (C=O) groups is 1. The van der Waals surface area contributed by atoms with Crippen molar-refractivity contribution >= 4 is 36.0 Å². The lowest BCUT2D eigenvalue weighted by atomic mass is 10.1. The summed E-state index contributed by atoms with van der Waals surface area (Å²) >= 11 is 0. The van der Waals surface area contributed by atoms with Crippen LogP contribution in [0.15, 0.2) is 29.3 Å². The Balaban J connectivity index is 0.00000676. The van der Waals surface area contributed by atoms with Gasteiger partial charge in [-0.1, -0.05) is 24.3 Å². The van der Waals surface area contributed by atoms with E-state index in [9.17, 15) is 4.79 Å². The predicted octanol–water partition coefficient (Wildman–Crippen LogP) is 3.03. The number of hydrogen-bond donors (Lipinski definition) is 3. The van der Waals surface area contributed by atoms with Crippen molar-refractivity contribution in [2.75, 3.05) is 26.7 Å². The monoisotopic (exact) mass is 492 g/mol. The van der Waals surface area contributed by atoms with Crippen molar-refractivity contribution in [1.29, 1.82) is 0 Å². The number of halogens is 1. The summed E-state index contributed by atoms with van der Waals surface area (Å²) in [5.74, 6) is 0.708. The molecule has 3 N–H and O–H groups in total. The first-order valence-electron chi connectivity index (χ1n) is 8.90. The van der Waals surface area contributed by atoms with Crippen molar-refractivity contribution in [1.82, 2.24) is 16.0 Å². The summed E-state index contributed by atoms with van der Waals surface area (Å²) in [5.41, 5.74) is 1.76. The van der Waals surface area contributed by atoms with Crippen LogP contribution >= 0.6 is 24.0 Å². The van der Waals surface area contributed by atoms with Gasteiger partial charge in [-0.15, -0.1) is 24.0 Å². The van der Waals surface area contributed by atoms with Crippen LogP contribution in [-0.4, -0.2) is 44.4 Å². The number of aliphatic imine (C=N–C) groups is 1. The second kappa shape index (κ2) is 13.6. The minimum Gasteiger partial charge on any atom is -0.444 e. The van der Waals surface area contributed by atoms with Crippen molar-refractivity contribution in [3.63, 3.8) is 0 Å². The smallest absolute Gasteiger partial charge is 0.407 e. The zero-order chi connectivity index (χ0) is 19.4. The zero-order valence-electron chi connectivity index (χ0n) is 16.9. The quantitative estimate of drug-likeness (QED) is 0.225. The highest BCUT2D eigenvalue weighted by molar-refractivity contribution is 14.0. The van der Waals surface area contributed by atoms with Crippen LogP contribution in [0.25, 0.3) is 0 Å². The molecular formula is C19H33IN4O3. The first-order valence-corrected chi connectivity index (χ1v) is 8.90. The molecule has 0 radical (unpaired) electrons. The van der Waals surface area contributed by atoms with Gasteiger partial charge in [0.15, 0.2) is 5.96 Å². The number of rotatable bonds is 8.